The molecule has 1 nitrogen and oxygen atoms in total. The fourth-order valence-corrected chi connectivity index (χ4v) is 0. The highest BCUT2D eigenvalue weighted by Gasteiger charge is 1.38. The van der Waals surface area contributed by atoms with Crippen molar-refractivity contribution in [2.45, 2.75) is 43.6 Å². The molecule has 0 aliphatic carbocycles. The monoisotopic (exact) mass is 181 g/mol. The van der Waals surface area contributed by atoms with E-state index in [4.69, 9.17) is 5.11 Å². The molecule has 0 unspecified atom stereocenters. The summed E-state index contributed by atoms with van der Waals surface area (Å²) in [6, 6.07) is 0. The Morgan fingerprint density at radius 3 is 1.08 bits per heavy atom. The molecule has 0 aromatic carbocycles. The maximum Gasteiger partial charge on any atom is 0.0824 e. The van der Waals surface area contributed by atoms with Gasteiger partial charge in [-0.2, -0.15) is 6.26 Å². The molecule has 0 N–H and O–H groups in total. The van der Waals surface area contributed by atoms with Gasteiger partial charge in [-0.3, -0.25) is 0 Å². The summed E-state index contributed by atoms with van der Waals surface area (Å²) in [4.78, 5) is 0. The minimum atomic E-state index is 0. The number of allylic oxidation sites excluding steroid dienone is 2. The Bertz CT molecular complexity index is 50.2. The highest BCUT2D eigenvalue weighted by molar-refractivity contribution is 4.61. The van der Waals surface area contributed by atoms with E-state index in [0.717, 1.165) is 6.26 Å². The molecule has 0 spiro atoms. The third kappa shape index (κ3) is 424. The van der Waals surface area contributed by atoms with Gasteiger partial charge in [-0.1, -0.05) is 35.8 Å². The van der Waals surface area contributed by atoms with Gasteiger partial charge in [0.1, 0.15) is 0 Å². The van der Waals surface area contributed by atoms with Gasteiger partial charge in [-0.15, -0.1) is 6.08 Å². The molecule has 0 atom stereocenters. The van der Waals surface area contributed by atoms with Gasteiger partial charge in [0.25, 0.3) is 0 Å². The van der Waals surface area contributed by atoms with Gasteiger partial charge >= 0.3 is 0 Å². The van der Waals surface area contributed by atoms with E-state index >= 15 is 0 Å². The lowest BCUT2D eigenvalue weighted by molar-refractivity contribution is -0.275. The predicted molar refractivity (Wildman–Crippen MR) is 57.7 cm³/mol. The fourth-order valence-electron chi connectivity index (χ4n) is 0. The SMILES string of the molecule is C.C.C.C.CC=CF.CC=C[O-]. The van der Waals surface area contributed by atoms with E-state index in [1.54, 1.807) is 13.8 Å². The zero-order valence-corrected chi connectivity index (χ0v) is 5.10. The highest BCUT2D eigenvalue weighted by Crippen LogP contribution is 1.62. The summed E-state index contributed by atoms with van der Waals surface area (Å²) in [7, 11) is 0. The van der Waals surface area contributed by atoms with Gasteiger partial charge in [-0.05, 0) is 13.8 Å². The molecule has 0 saturated heterocycles. The van der Waals surface area contributed by atoms with Gasteiger partial charge in [0.15, 0.2) is 0 Å². The van der Waals surface area contributed by atoms with Crippen LogP contribution in [-0.2, 0) is 0 Å². The van der Waals surface area contributed by atoms with Gasteiger partial charge < -0.3 is 5.11 Å². The van der Waals surface area contributed by atoms with Crippen molar-refractivity contribution in [2.24, 2.45) is 0 Å². The third-order valence-corrected chi connectivity index (χ3v) is 0.262. The summed E-state index contributed by atoms with van der Waals surface area (Å²) < 4.78 is 10.5. The van der Waals surface area contributed by atoms with Crippen molar-refractivity contribution < 1.29 is 9.50 Å². The Labute approximate surface area is 78.6 Å². The maximum atomic E-state index is 10.5. The first kappa shape index (κ1) is 43.1. The summed E-state index contributed by atoms with van der Waals surface area (Å²) in [6.45, 7) is 3.31. The van der Waals surface area contributed by atoms with E-state index in [9.17, 15) is 4.39 Å². The Morgan fingerprint density at radius 2 is 1.08 bits per heavy atom. The lowest BCUT2D eigenvalue weighted by Gasteiger charge is -1.76. The largest absolute Gasteiger partial charge is 0.878 e. The topological polar surface area (TPSA) is 23.1 Å². The first-order valence-corrected chi connectivity index (χ1v) is 2.28. The molecule has 0 fully saturated rings. The number of rotatable bonds is 0. The Balaban J connectivity index is -0.0000000112. The molecule has 80 valence electrons. The summed E-state index contributed by atoms with van der Waals surface area (Å²) in [5, 5.41) is 9.12. The van der Waals surface area contributed by atoms with Gasteiger partial charge in [-0.25, -0.2) is 4.39 Å². The van der Waals surface area contributed by atoms with E-state index in [1.807, 2.05) is 0 Å². The second-order valence-electron chi connectivity index (χ2n) is 0.929. The van der Waals surface area contributed by atoms with Crippen LogP contribution in [0, 0.1) is 0 Å². The van der Waals surface area contributed by atoms with E-state index < -0.39 is 0 Å². The fraction of sp³-hybridized carbons (Fsp3) is 0.600. The van der Waals surface area contributed by atoms with Crippen LogP contribution in [0.4, 0.5) is 4.39 Å². The van der Waals surface area contributed by atoms with Crippen LogP contribution >= 0.6 is 0 Å². The van der Waals surface area contributed by atoms with Crippen LogP contribution in [0.5, 0.6) is 0 Å². The summed E-state index contributed by atoms with van der Waals surface area (Å²) in [5.41, 5.74) is 0. The molecule has 0 amide bonds. The van der Waals surface area contributed by atoms with Gasteiger partial charge in [0.2, 0.25) is 0 Å². The third-order valence-electron chi connectivity index (χ3n) is 0.262. The van der Waals surface area contributed by atoms with Crippen molar-refractivity contribution in [3.63, 3.8) is 0 Å². The van der Waals surface area contributed by atoms with Crippen molar-refractivity contribution in [3.8, 4) is 0 Å². The quantitative estimate of drug-likeness (QED) is 0.519. The molecule has 0 aliphatic rings. The molecule has 0 heterocycles. The van der Waals surface area contributed by atoms with Gasteiger partial charge in [0, 0.05) is 0 Å². The molecule has 0 aliphatic heterocycles. The smallest absolute Gasteiger partial charge is 0.0824 e. The number of hydrogen-bond acceptors (Lipinski definition) is 1. The minimum Gasteiger partial charge on any atom is -0.878 e. The Morgan fingerprint density at radius 1 is 0.917 bits per heavy atom. The first-order chi connectivity index (χ1) is 3.83. The maximum absolute atomic E-state index is 10.5. The molecular formula is C10H26FO-. The number of halogens is 1. The Hall–Kier alpha value is -0.790. The summed E-state index contributed by atoms with van der Waals surface area (Å²) in [6.07, 6.45) is 4.03. The molecule has 0 bridgehead atoms. The zero-order chi connectivity index (χ0) is 6.83. The van der Waals surface area contributed by atoms with E-state index in [1.165, 1.54) is 12.2 Å². The average molecular weight is 181 g/mol. The lowest BCUT2D eigenvalue weighted by Crippen LogP contribution is -1.81. The standard InChI is InChI=1S/C3H5F.C3H6O.4CH4/c2*1-2-3-4;;;;/h2-3H,1H3;2-4H,1H3;4*1H4/p-1. The van der Waals surface area contributed by atoms with Crippen molar-refractivity contribution in [3.05, 3.63) is 24.7 Å². The molecule has 12 heavy (non-hydrogen) atoms. The lowest BCUT2D eigenvalue weighted by atomic mass is 10.8. The van der Waals surface area contributed by atoms with Crippen LogP contribution in [0.15, 0.2) is 24.7 Å². The predicted octanol–water partition coefficient (Wildman–Crippen LogP) is 3.91. The van der Waals surface area contributed by atoms with Crippen molar-refractivity contribution in [2.75, 3.05) is 0 Å². The summed E-state index contributed by atoms with van der Waals surface area (Å²) >= 11 is 0. The van der Waals surface area contributed by atoms with Gasteiger partial charge in [0.05, 0.1) is 6.33 Å². The minimum absolute atomic E-state index is 0. The molecule has 0 rings (SSSR count). The average Bonchev–Trinajstić information content (AvgIpc) is 1.88. The number of hydrogen-bond donors (Lipinski definition) is 0. The molecule has 0 aromatic heterocycles. The van der Waals surface area contributed by atoms with Crippen LogP contribution in [-0.4, -0.2) is 0 Å². The van der Waals surface area contributed by atoms with Crippen LogP contribution < -0.4 is 5.11 Å². The van der Waals surface area contributed by atoms with Crippen molar-refractivity contribution >= 4 is 0 Å². The molecular weight excluding hydrogens is 155 g/mol. The van der Waals surface area contributed by atoms with E-state index in [0.29, 0.717) is 6.33 Å². The van der Waals surface area contributed by atoms with Crippen molar-refractivity contribution in [1.29, 1.82) is 0 Å². The van der Waals surface area contributed by atoms with Crippen LogP contribution in [0.3, 0.4) is 0 Å². The summed E-state index contributed by atoms with van der Waals surface area (Å²) in [5.74, 6) is 0. The molecule has 0 saturated carbocycles. The van der Waals surface area contributed by atoms with Crippen molar-refractivity contribution in [1.82, 2.24) is 0 Å². The molecule has 0 aromatic rings. The second kappa shape index (κ2) is 84.0. The van der Waals surface area contributed by atoms with E-state index in [-0.39, 0.29) is 29.7 Å². The molecule has 2 heteroatoms. The van der Waals surface area contributed by atoms with Crippen LogP contribution in [0.2, 0.25) is 0 Å². The van der Waals surface area contributed by atoms with Crippen LogP contribution in [0.25, 0.3) is 0 Å². The zero-order valence-electron chi connectivity index (χ0n) is 5.10. The molecule has 0 radical (unpaired) electrons. The second-order valence-corrected chi connectivity index (χ2v) is 0.929. The Kier molecular flexibility index (Phi) is 302. The van der Waals surface area contributed by atoms with E-state index in [2.05, 4.69) is 0 Å². The first-order valence-electron chi connectivity index (χ1n) is 2.28. The highest BCUT2D eigenvalue weighted by atomic mass is 19.1. The van der Waals surface area contributed by atoms with Crippen LogP contribution in [0.1, 0.15) is 43.6 Å². The normalized spacial score (nSPS) is 6.25.